The second-order valence-corrected chi connectivity index (χ2v) is 22.0. The van der Waals surface area contributed by atoms with Gasteiger partial charge in [0.15, 0.2) is 5.78 Å². The largest absolute Gasteiger partial charge is 0.530 e. The minimum Gasteiger partial charge on any atom is -0.408 e. The van der Waals surface area contributed by atoms with E-state index in [0.29, 0.717) is 16.9 Å². The Hall–Kier alpha value is -4.66. The zero-order chi connectivity index (χ0) is 42.6. The molecule has 0 saturated carbocycles. The van der Waals surface area contributed by atoms with Gasteiger partial charge in [-0.25, -0.2) is 0 Å². The predicted octanol–water partition coefficient (Wildman–Crippen LogP) is 15.5. The molecule has 304 valence electrons. The van der Waals surface area contributed by atoms with Crippen molar-refractivity contribution in [3.05, 3.63) is 148 Å². The summed E-state index contributed by atoms with van der Waals surface area (Å²) in [4.78, 5) is 13.7. The molecule has 58 heavy (non-hydrogen) atoms. The first-order valence-electron chi connectivity index (χ1n) is 20.5. The third kappa shape index (κ3) is 9.61. The number of ketones is 1. The summed E-state index contributed by atoms with van der Waals surface area (Å²) in [6.07, 6.45) is 0. The second kappa shape index (κ2) is 15.5. The normalized spacial score (nSPS) is 13.0. The van der Waals surface area contributed by atoms with Crippen molar-refractivity contribution in [3.8, 4) is 17.2 Å². The van der Waals surface area contributed by atoms with E-state index in [9.17, 15) is 4.79 Å². The number of hydrogen-bond acceptors (Lipinski definition) is 4. The quantitative estimate of drug-likeness (QED) is 0.114. The van der Waals surface area contributed by atoms with E-state index in [1.165, 1.54) is 21.9 Å². The number of carbonyl (C=O) groups is 1. The lowest BCUT2D eigenvalue weighted by atomic mass is 9.83. The van der Waals surface area contributed by atoms with Crippen LogP contribution in [-0.2, 0) is 27.1 Å². The van der Waals surface area contributed by atoms with Crippen molar-refractivity contribution in [2.75, 3.05) is 0 Å². The second-order valence-electron chi connectivity index (χ2n) is 21.0. The van der Waals surface area contributed by atoms with E-state index in [4.69, 9.17) is 13.6 Å². The average molecular weight is 795 g/mol. The van der Waals surface area contributed by atoms with Gasteiger partial charge in [-0.1, -0.05) is 171 Å². The molecule has 4 nitrogen and oxygen atoms in total. The number of carbonyl (C=O) groups excluding carboxylic acids is 1. The van der Waals surface area contributed by atoms with Gasteiger partial charge in [0, 0.05) is 27.8 Å². The van der Waals surface area contributed by atoms with Gasteiger partial charge < -0.3 is 13.6 Å². The highest BCUT2D eigenvalue weighted by molar-refractivity contribution is 7.43. The summed E-state index contributed by atoms with van der Waals surface area (Å²) in [6.45, 7) is 33.2. The van der Waals surface area contributed by atoms with Gasteiger partial charge in [0.05, 0.1) is 0 Å². The Morgan fingerprint density at radius 2 is 0.793 bits per heavy atom. The molecular weight excluding hydrogens is 732 g/mol. The Kier molecular flexibility index (Phi) is 11.5. The van der Waals surface area contributed by atoms with E-state index in [2.05, 4.69) is 165 Å². The predicted molar refractivity (Wildman–Crippen MR) is 247 cm³/mol. The maximum Gasteiger partial charge on any atom is 0.530 e. The summed E-state index contributed by atoms with van der Waals surface area (Å²) in [6, 6.07) is 37.3. The van der Waals surface area contributed by atoms with E-state index in [1.807, 2.05) is 48.5 Å². The third-order valence-corrected chi connectivity index (χ3v) is 11.9. The summed E-state index contributed by atoms with van der Waals surface area (Å²) >= 11 is 0. The molecule has 0 N–H and O–H groups in total. The number of rotatable bonds is 8. The van der Waals surface area contributed by atoms with Crippen LogP contribution in [0.15, 0.2) is 109 Å². The van der Waals surface area contributed by atoms with Crippen LogP contribution in [0.25, 0.3) is 21.5 Å². The molecule has 0 aromatic heterocycles. The molecule has 0 bridgehead atoms. The van der Waals surface area contributed by atoms with Gasteiger partial charge in [0.2, 0.25) is 0 Å². The SMILES string of the molecule is CC(C)(C)c1ccc2cc(OP(Oc3ccc(C(=O)c4ccccc4)cc3C(C)(C)C)Oc3cc4ccc(C(C)(C)C)cc4cc3C(C)(C)C)c(C(C)(C)C)cc2c1. The van der Waals surface area contributed by atoms with Crippen LogP contribution in [0.1, 0.15) is 148 Å². The monoisotopic (exact) mass is 794 g/mol. The molecule has 0 saturated heterocycles. The van der Waals surface area contributed by atoms with Crippen LogP contribution in [-0.4, -0.2) is 5.78 Å². The molecule has 0 amide bonds. The Morgan fingerprint density at radius 3 is 1.21 bits per heavy atom. The third-order valence-electron chi connectivity index (χ3n) is 10.8. The van der Waals surface area contributed by atoms with Crippen molar-refractivity contribution in [1.82, 2.24) is 0 Å². The molecule has 5 heteroatoms. The summed E-state index contributed by atoms with van der Waals surface area (Å²) in [5.41, 5.74) is 6.02. The maximum atomic E-state index is 13.7. The van der Waals surface area contributed by atoms with Crippen LogP contribution >= 0.6 is 8.60 Å². The summed E-state index contributed by atoms with van der Waals surface area (Å²) < 4.78 is 21.2. The molecule has 0 aliphatic heterocycles. The Balaban J connectivity index is 1.52. The highest BCUT2D eigenvalue weighted by Gasteiger charge is 2.32. The first-order chi connectivity index (χ1) is 26.8. The minimum absolute atomic E-state index is 0.0200. The maximum absolute atomic E-state index is 13.7. The summed E-state index contributed by atoms with van der Waals surface area (Å²) in [5, 5.41) is 4.51. The van der Waals surface area contributed by atoms with Crippen LogP contribution in [0.3, 0.4) is 0 Å². The van der Waals surface area contributed by atoms with Gasteiger partial charge in [0.1, 0.15) is 17.2 Å². The fraction of sp³-hybridized carbons (Fsp3) is 0.377. The Morgan fingerprint density at radius 1 is 0.379 bits per heavy atom. The molecule has 0 radical (unpaired) electrons. The number of fused-ring (bicyclic) bond motifs is 2. The molecule has 0 spiro atoms. The molecule has 6 aromatic carbocycles. The van der Waals surface area contributed by atoms with Gasteiger partial charge in [0.25, 0.3) is 0 Å². The van der Waals surface area contributed by atoms with Crippen LogP contribution < -0.4 is 13.6 Å². The highest BCUT2D eigenvalue weighted by Crippen LogP contribution is 2.50. The van der Waals surface area contributed by atoms with Crippen molar-refractivity contribution in [2.24, 2.45) is 0 Å². The molecule has 6 aromatic rings. The minimum atomic E-state index is -2.09. The van der Waals surface area contributed by atoms with E-state index in [0.717, 1.165) is 39.0 Å². The van der Waals surface area contributed by atoms with E-state index in [-0.39, 0.29) is 32.9 Å². The fourth-order valence-electron chi connectivity index (χ4n) is 7.20. The fourth-order valence-corrected chi connectivity index (χ4v) is 8.25. The number of hydrogen-bond donors (Lipinski definition) is 0. The molecule has 0 fully saturated rings. The zero-order valence-corrected chi connectivity index (χ0v) is 38.4. The first kappa shape index (κ1) is 42.9. The Bertz CT molecular complexity index is 2340. The average Bonchev–Trinajstić information content (AvgIpc) is 3.12. The van der Waals surface area contributed by atoms with Crippen molar-refractivity contribution in [1.29, 1.82) is 0 Å². The molecule has 6 rings (SSSR count). The van der Waals surface area contributed by atoms with E-state index < -0.39 is 8.60 Å². The first-order valence-corrected chi connectivity index (χ1v) is 21.6. The van der Waals surface area contributed by atoms with Gasteiger partial charge in [-0.2, -0.15) is 0 Å². The van der Waals surface area contributed by atoms with Gasteiger partial charge in [-0.05, 0) is 102 Å². The molecular formula is C53H63O4P. The smallest absolute Gasteiger partial charge is 0.408 e. The summed E-state index contributed by atoms with van der Waals surface area (Å²) in [5.74, 6) is 2.02. The molecule has 0 unspecified atom stereocenters. The van der Waals surface area contributed by atoms with Crippen molar-refractivity contribution >= 4 is 35.9 Å². The van der Waals surface area contributed by atoms with Gasteiger partial charge >= 0.3 is 8.60 Å². The lowest BCUT2D eigenvalue weighted by Crippen LogP contribution is -2.17. The van der Waals surface area contributed by atoms with Gasteiger partial charge in [-0.15, -0.1) is 0 Å². The van der Waals surface area contributed by atoms with Crippen molar-refractivity contribution in [3.63, 3.8) is 0 Å². The van der Waals surface area contributed by atoms with Crippen LogP contribution in [0.5, 0.6) is 17.2 Å². The lowest BCUT2D eigenvalue weighted by Gasteiger charge is -2.29. The topological polar surface area (TPSA) is 44.8 Å². The van der Waals surface area contributed by atoms with Crippen LogP contribution in [0, 0.1) is 0 Å². The number of benzene rings is 6. The van der Waals surface area contributed by atoms with Crippen molar-refractivity contribution in [2.45, 2.75) is 131 Å². The van der Waals surface area contributed by atoms with Crippen LogP contribution in [0.4, 0.5) is 0 Å². The van der Waals surface area contributed by atoms with Crippen molar-refractivity contribution < 1.29 is 18.4 Å². The standard InChI is InChI=1S/C53H63O4P/c1-49(2,3)40-24-21-35-32-46(43(52(10,11)12)30-38(35)27-40)56-58(55-45-26-23-37(29-42(45)51(7,8)9)48(54)34-19-17-16-18-20-34)57-47-33-36-22-25-41(50(4,5)6)28-39(36)31-44(47)53(13,14)15/h16-33H,1-15H3. The van der Waals surface area contributed by atoms with Gasteiger partial charge in [-0.3, -0.25) is 4.79 Å². The Labute approximate surface area is 349 Å². The highest BCUT2D eigenvalue weighted by atomic mass is 31.2. The summed E-state index contributed by atoms with van der Waals surface area (Å²) in [7, 11) is -2.09. The van der Waals surface area contributed by atoms with E-state index >= 15 is 0 Å². The molecule has 0 aliphatic carbocycles. The van der Waals surface area contributed by atoms with E-state index in [1.54, 1.807) is 0 Å². The van der Waals surface area contributed by atoms with Crippen LogP contribution in [0.2, 0.25) is 0 Å². The molecule has 0 aliphatic rings. The lowest BCUT2D eigenvalue weighted by molar-refractivity contribution is 0.103. The molecule has 0 heterocycles. The molecule has 0 atom stereocenters. The zero-order valence-electron chi connectivity index (χ0n) is 37.5.